The number of amides is 1. The van der Waals surface area contributed by atoms with Crippen LogP contribution < -0.4 is 14.8 Å². The molecule has 0 saturated heterocycles. The molecule has 1 N–H and O–H groups in total. The SMILES string of the molecule is CCCOc1ccc(-c2ccc(OC(F)F)c(/C=C/C(=O)Nc3ccc([S@@+]([O-])Cc4c(C)ncn4CC)cc3)c2)cc1. The number of imidazole rings is 1. The number of nitrogens with one attached hydrogen (secondary N) is 1. The summed E-state index contributed by atoms with van der Waals surface area (Å²) in [6.07, 6.45) is 5.32. The molecule has 4 rings (SSSR count). The molecule has 42 heavy (non-hydrogen) atoms. The number of carbonyl (C=O) groups is 1. The zero-order valence-electron chi connectivity index (χ0n) is 23.7. The van der Waals surface area contributed by atoms with Gasteiger partial charge in [0, 0.05) is 23.9 Å². The summed E-state index contributed by atoms with van der Waals surface area (Å²) in [5.74, 6) is 0.574. The van der Waals surface area contributed by atoms with Gasteiger partial charge in [-0.3, -0.25) is 4.79 Å². The average molecular weight is 594 g/mol. The minimum absolute atomic E-state index is 0.0489. The van der Waals surface area contributed by atoms with Crippen LogP contribution in [-0.4, -0.2) is 33.2 Å². The highest BCUT2D eigenvalue weighted by Crippen LogP contribution is 2.30. The van der Waals surface area contributed by atoms with E-state index in [0.29, 0.717) is 28.5 Å². The Hall–Kier alpha value is -4.15. The van der Waals surface area contributed by atoms with Crippen LogP contribution in [-0.2, 0) is 28.3 Å². The van der Waals surface area contributed by atoms with Crippen LogP contribution in [0.15, 0.2) is 84.0 Å². The summed E-state index contributed by atoms with van der Waals surface area (Å²) < 4.78 is 51.3. The van der Waals surface area contributed by atoms with Crippen molar-refractivity contribution in [3.63, 3.8) is 0 Å². The van der Waals surface area contributed by atoms with Gasteiger partial charge >= 0.3 is 6.61 Å². The van der Waals surface area contributed by atoms with Gasteiger partial charge in [-0.1, -0.05) is 25.1 Å². The fourth-order valence-corrected chi connectivity index (χ4v) is 5.47. The van der Waals surface area contributed by atoms with Crippen molar-refractivity contribution < 1.29 is 27.6 Å². The van der Waals surface area contributed by atoms with Crippen LogP contribution in [0.3, 0.4) is 0 Å². The number of hydrogen-bond donors (Lipinski definition) is 1. The average Bonchev–Trinajstić information content (AvgIpc) is 3.34. The van der Waals surface area contributed by atoms with E-state index in [1.807, 2.05) is 49.6 Å². The topological polar surface area (TPSA) is 88.4 Å². The standard InChI is InChI=1S/C32H33F2N3O4S/c1-4-18-40-27-12-6-23(7-13-27)24-8-16-30(41-32(33)34)25(19-24)9-17-31(38)36-26-10-14-28(15-11-26)42(39)20-29-22(3)35-21-37(29)5-2/h6-17,19,21,32H,4-5,18,20H2,1-3H3,(H,36,38)/b17-9+/t42-/m0/s1. The normalized spacial score (nSPS) is 12.1. The molecule has 0 fully saturated rings. The van der Waals surface area contributed by atoms with Crippen LogP contribution in [0.1, 0.15) is 37.2 Å². The van der Waals surface area contributed by atoms with Crippen molar-refractivity contribution in [2.45, 2.75) is 51.0 Å². The van der Waals surface area contributed by atoms with Gasteiger partial charge in [-0.2, -0.15) is 8.78 Å². The molecule has 7 nitrogen and oxygen atoms in total. The Morgan fingerprint density at radius 1 is 1.07 bits per heavy atom. The van der Waals surface area contributed by atoms with E-state index < -0.39 is 23.7 Å². The first-order chi connectivity index (χ1) is 20.3. The van der Waals surface area contributed by atoms with E-state index in [1.54, 1.807) is 42.7 Å². The van der Waals surface area contributed by atoms with Crippen LogP contribution in [0.25, 0.3) is 17.2 Å². The molecular weight excluding hydrogens is 560 g/mol. The number of rotatable bonds is 13. The van der Waals surface area contributed by atoms with Crippen LogP contribution in [0.5, 0.6) is 11.5 Å². The highest BCUT2D eigenvalue weighted by atomic mass is 32.2. The zero-order chi connectivity index (χ0) is 30.1. The summed E-state index contributed by atoms with van der Waals surface area (Å²) in [6.45, 7) is 4.28. The molecule has 3 aromatic carbocycles. The van der Waals surface area contributed by atoms with E-state index in [0.717, 1.165) is 41.2 Å². The summed E-state index contributed by atoms with van der Waals surface area (Å²) in [7, 11) is 0. The molecule has 10 heteroatoms. The first-order valence-electron chi connectivity index (χ1n) is 13.6. The maximum Gasteiger partial charge on any atom is 0.387 e. The first-order valence-corrected chi connectivity index (χ1v) is 14.9. The molecule has 1 heterocycles. The second kappa shape index (κ2) is 14.7. The van der Waals surface area contributed by atoms with Gasteiger partial charge in [-0.05, 0) is 97.2 Å². The predicted octanol–water partition coefficient (Wildman–Crippen LogP) is 7.23. The number of halogens is 2. The van der Waals surface area contributed by atoms with Crippen molar-refractivity contribution in [2.24, 2.45) is 0 Å². The van der Waals surface area contributed by atoms with Gasteiger partial charge in [0.25, 0.3) is 0 Å². The second-order valence-electron chi connectivity index (χ2n) is 9.40. The number of aryl methyl sites for hydroxylation is 2. The Balaban J connectivity index is 1.44. The molecule has 0 bridgehead atoms. The maximum atomic E-state index is 13.0. The van der Waals surface area contributed by atoms with Gasteiger partial charge in [0.2, 0.25) is 5.91 Å². The van der Waals surface area contributed by atoms with Crippen molar-refractivity contribution >= 4 is 28.8 Å². The molecule has 0 aliphatic carbocycles. The lowest BCUT2D eigenvalue weighted by atomic mass is 10.0. The molecule has 4 aromatic rings. The van der Waals surface area contributed by atoms with Crippen LogP contribution in [0.4, 0.5) is 14.5 Å². The van der Waals surface area contributed by atoms with E-state index in [4.69, 9.17) is 4.74 Å². The number of nitrogens with zero attached hydrogens (tertiary/aromatic N) is 2. The van der Waals surface area contributed by atoms with Crippen molar-refractivity contribution in [2.75, 3.05) is 11.9 Å². The maximum absolute atomic E-state index is 13.0. The van der Waals surface area contributed by atoms with Crippen LogP contribution >= 0.6 is 0 Å². The largest absolute Gasteiger partial charge is 0.611 e. The van der Waals surface area contributed by atoms with E-state index in [9.17, 15) is 18.1 Å². The third-order valence-electron chi connectivity index (χ3n) is 6.45. The van der Waals surface area contributed by atoms with Crippen molar-refractivity contribution in [1.82, 2.24) is 9.55 Å². The summed E-state index contributed by atoms with van der Waals surface area (Å²) in [5, 5.41) is 2.74. The lowest BCUT2D eigenvalue weighted by Crippen LogP contribution is -2.11. The number of aromatic nitrogens is 2. The molecular formula is C32H33F2N3O4S. The third kappa shape index (κ3) is 8.20. The lowest BCUT2D eigenvalue weighted by Gasteiger charge is -2.13. The molecule has 1 amide bonds. The van der Waals surface area contributed by atoms with Gasteiger partial charge < -0.3 is 23.9 Å². The smallest absolute Gasteiger partial charge is 0.387 e. The Labute approximate surface area is 247 Å². The van der Waals surface area contributed by atoms with Gasteiger partial charge in [0.05, 0.1) is 24.3 Å². The third-order valence-corrected chi connectivity index (χ3v) is 7.78. The number of benzene rings is 3. The molecule has 0 radical (unpaired) electrons. The van der Waals surface area contributed by atoms with Gasteiger partial charge in [-0.25, -0.2) is 4.98 Å². The number of alkyl halides is 2. The number of hydrogen-bond acceptors (Lipinski definition) is 5. The van der Waals surface area contributed by atoms with Gasteiger partial charge in [0.1, 0.15) is 11.5 Å². The van der Waals surface area contributed by atoms with Crippen molar-refractivity contribution in [1.29, 1.82) is 0 Å². The summed E-state index contributed by atoms with van der Waals surface area (Å²) in [4.78, 5) is 17.6. The molecule has 0 unspecified atom stereocenters. The van der Waals surface area contributed by atoms with E-state index in [-0.39, 0.29) is 5.75 Å². The Kier molecular flexibility index (Phi) is 10.7. The molecule has 0 saturated carbocycles. The van der Waals surface area contributed by atoms with Crippen molar-refractivity contribution in [3.05, 3.63) is 96.1 Å². The van der Waals surface area contributed by atoms with E-state index in [1.165, 1.54) is 18.2 Å². The van der Waals surface area contributed by atoms with E-state index in [2.05, 4.69) is 15.0 Å². The van der Waals surface area contributed by atoms with Crippen LogP contribution in [0.2, 0.25) is 0 Å². The molecule has 1 atom stereocenters. The van der Waals surface area contributed by atoms with Crippen LogP contribution in [0, 0.1) is 6.92 Å². The fraction of sp³-hybridized carbons (Fsp3) is 0.250. The Morgan fingerprint density at radius 3 is 2.45 bits per heavy atom. The minimum atomic E-state index is -3.01. The number of carbonyl (C=O) groups excluding carboxylic acids is 1. The van der Waals surface area contributed by atoms with Crippen molar-refractivity contribution in [3.8, 4) is 22.6 Å². The summed E-state index contributed by atoms with van der Waals surface area (Å²) >= 11 is -1.28. The van der Waals surface area contributed by atoms with Gasteiger partial charge in [-0.15, -0.1) is 0 Å². The Bertz CT molecular complexity index is 1510. The summed E-state index contributed by atoms with van der Waals surface area (Å²) in [6, 6.07) is 19.0. The zero-order valence-corrected chi connectivity index (χ0v) is 24.5. The molecule has 0 aliphatic heterocycles. The molecule has 220 valence electrons. The Morgan fingerprint density at radius 2 is 1.79 bits per heavy atom. The second-order valence-corrected chi connectivity index (χ2v) is 10.9. The quantitative estimate of drug-likeness (QED) is 0.131. The molecule has 0 spiro atoms. The highest BCUT2D eigenvalue weighted by Gasteiger charge is 2.17. The van der Waals surface area contributed by atoms with Gasteiger partial charge in [0.15, 0.2) is 10.6 Å². The fourth-order valence-electron chi connectivity index (χ4n) is 4.24. The lowest BCUT2D eigenvalue weighted by molar-refractivity contribution is -0.111. The number of ether oxygens (including phenoxy) is 2. The summed E-state index contributed by atoms with van der Waals surface area (Å²) in [5.41, 5.74) is 4.22. The highest BCUT2D eigenvalue weighted by molar-refractivity contribution is 7.90. The monoisotopic (exact) mass is 593 g/mol. The molecule has 1 aromatic heterocycles. The number of anilines is 1. The van der Waals surface area contributed by atoms with E-state index >= 15 is 0 Å². The predicted molar refractivity (Wildman–Crippen MR) is 161 cm³/mol. The minimum Gasteiger partial charge on any atom is -0.611 e. The molecule has 0 aliphatic rings. The first kappa shape index (κ1) is 30.8.